The Labute approximate surface area is 185 Å². The van der Waals surface area contributed by atoms with Crippen molar-refractivity contribution in [3.8, 4) is 0 Å². The molecule has 7 heteroatoms. The zero-order chi connectivity index (χ0) is 22.7. The number of hydrogen-bond donors (Lipinski definition) is 0. The van der Waals surface area contributed by atoms with Gasteiger partial charge in [-0.1, -0.05) is 76.8 Å². The number of unbranched alkanes of at least 4 members (excludes halogenated alkanes) is 9. The molecule has 0 spiro atoms. The second-order valence-electron chi connectivity index (χ2n) is 7.80. The molecular formula is C24H37NO6. The fraction of sp³-hybridized carbons (Fsp3) is 0.667. The normalized spacial score (nSPS) is 10.6. The van der Waals surface area contributed by atoms with Gasteiger partial charge in [-0.2, -0.15) is 0 Å². The van der Waals surface area contributed by atoms with Crippen LogP contribution in [0, 0.1) is 10.1 Å². The van der Waals surface area contributed by atoms with Gasteiger partial charge in [0.1, 0.15) is 0 Å². The number of non-ortho nitro benzene ring substituents is 1. The number of carbonyl (C=O) groups excluding carboxylic acids is 2. The average Bonchev–Trinajstić information content (AvgIpc) is 2.76. The third-order valence-corrected chi connectivity index (χ3v) is 5.07. The van der Waals surface area contributed by atoms with Crippen LogP contribution in [0.1, 0.15) is 89.5 Å². The number of ether oxygens (including phenoxy) is 2. The number of benzene rings is 1. The highest BCUT2D eigenvalue weighted by Crippen LogP contribution is 2.14. The van der Waals surface area contributed by atoms with Crippen LogP contribution in [0.2, 0.25) is 0 Å². The molecule has 31 heavy (non-hydrogen) atoms. The lowest BCUT2D eigenvalue weighted by molar-refractivity contribution is -0.384. The fourth-order valence-corrected chi connectivity index (χ4v) is 3.23. The van der Waals surface area contributed by atoms with E-state index < -0.39 is 10.9 Å². The van der Waals surface area contributed by atoms with E-state index in [9.17, 15) is 19.7 Å². The minimum atomic E-state index is -0.471. The molecule has 0 saturated carbocycles. The van der Waals surface area contributed by atoms with Gasteiger partial charge < -0.3 is 9.47 Å². The quantitative estimate of drug-likeness (QED) is 0.123. The molecule has 0 fully saturated rings. The van der Waals surface area contributed by atoms with Gasteiger partial charge in [-0.3, -0.25) is 19.7 Å². The molecule has 7 nitrogen and oxygen atoms in total. The number of nitrogens with zero attached hydrogens (tertiary/aromatic N) is 1. The molecule has 174 valence electrons. The van der Waals surface area contributed by atoms with Crippen molar-refractivity contribution >= 4 is 17.6 Å². The fourth-order valence-electron chi connectivity index (χ4n) is 3.23. The van der Waals surface area contributed by atoms with Crippen LogP contribution in [-0.4, -0.2) is 30.1 Å². The lowest BCUT2D eigenvalue weighted by Gasteiger charge is -2.06. The molecule has 1 rings (SSSR count). The third kappa shape index (κ3) is 14.2. The summed E-state index contributed by atoms with van der Waals surface area (Å²) < 4.78 is 10.3. The maximum absolute atomic E-state index is 11.7. The topological polar surface area (TPSA) is 95.7 Å². The van der Waals surface area contributed by atoms with Crippen LogP contribution in [0.4, 0.5) is 5.69 Å². The Kier molecular flexibility index (Phi) is 14.8. The van der Waals surface area contributed by atoms with Gasteiger partial charge in [-0.05, 0) is 12.0 Å². The number of carbonyl (C=O) groups is 2. The molecule has 0 saturated heterocycles. The Hall–Kier alpha value is -2.44. The van der Waals surface area contributed by atoms with Crippen molar-refractivity contribution in [2.45, 2.75) is 90.4 Å². The van der Waals surface area contributed by atoms with E-state index in [4.69, 9.17) is 9.47 Å². The van der Waals surface area contributed by atoms with E-state index in [1.165, 1.54) is 63.5 Å². The highest BCUT2D eigenvalue weighted by atomic mass is 16.6. The number of hydrogen-bond acceptors (Lipinski definition) is 6. The summed E-state index contributed by atoms with van der Waals surface area (Å²) in [6.07, 6.45) is 12.6. The van der Waals surface area contributed by atoms with Crippen molar-refractivity contribution in [3.05, 3.63) is 39.9 Å². The Morgan fingerprint density at radius 1 is 0.839 bits per heavy atom. The zero-order valence-corrected chi connectivity index (χ0v) is 18.8. The first-order valence-corrected chi connectivity index (χ1v) is 11.6. The van der Waals surface area contributed by atoms with Crippen molar-refractivity contribution in [1.29, 1.82) is 0 Å². The summed E-state index contributed by atoms with van der Waals surface area (Å²) in [4.78, 5) is 33.7. The van der Waals surface area contributed by atoms with Gasteiger partial charge in [0.25, 0.3) is 5.69 Å². The number of nitro groups is 1. The van der Waals surface area contributed by atoms with E-state index in [1.54, 1.807) is 12.1 Å². The van der Waals surface area contributed by atoms with Gasteiger partial charge in [-0.15, -0.1) is 0 Å². The summed E-state index contributed by atoms with van der Waals surface area (Å²) in [5, 5.41) is 10.8. The van der Waals surface area contributed by atoms with Crippen LogP contribution in [0.3, 0.4) is 0 Å². The SMILES string of the molecule is CCCCCCCCCCCCOC(=O)CCC(=O)OCCc1cccc([N+](=O)[O-])c1. The molecule has 0 N–H and O–H groups in total. The predicted octanol–water partition coefficient (Wildman–Crippen LogP) is 5.92. The Morgan fingerprint density at radius 3 is 1.97 bits per heavy atom. The Balaban J connectivity index is 1.98. The first-order valence-electron chi connectivity index (χ1n) is 11.6. The van der Waals surface area contributed by atoms with Crippen LogP contribution >= 0.6 is 0 Å². The average molecular weight is 436 g/mol. The molecule has 1 aromatic carbocycles. The standard InChI is InChI=1S/C24H37NO6/c1-2-3-4-5-6-7-8-9-10-11-18-30-23(26)15-16-24(27)31-19-17-21-13-12-14-22(20-21)25(28)29/h12-14,20H,2-11,15-19H2,1H3. The molecule has 0 amide bonds. The highest BCUT2D eigenvalue weighted by molar-refractivity contribution is 5.77. The maximum Gasteiger partial charge on any atom is 0.306 e. The maximum atomic E-state index is 11.7. The van der Waals surface area contributed by atoms with E-state index in [-0.39, 0.29) is 31.1 Å². The van der Waals surface area contributed by atoms with Gasteiger partial charge in [0.05, 0.1) is 31.0 Å². The van der Waals surface area contributed by atoms with Gasteiger partial charge in [0.15, 0.2) is 0 Å². The number of rotatable bonds is 18. The molecule has 0 heterocycles. The molecule has 0 radical (unpaired) electrons. The van der Waals surface area contributed by atoms with E-state index in [2.05, 4.69) is 6.92 Å². The number of esters is 2. The third-order valence-electron chi connectivity index (χ3n) is 5.07. The Bertz CT molecular complexity index is 661. The van der Waals surface area contributed by atoms with Gasteiger partial charge in [-0.25, -0.2) is 0 Å². The van der Waals surface area contributed by atoms with E-state index in [0.29, 0.717) is 13.0 Å². The van der Waals surface area contributed by atoms with Crippen molar-refractivity contribution in [1.82, 2.24) is 0 Å². The molecule has 0 atom stereocenters. The van der Waals surface area contributed by atoms with Crippen LogP contribution in [-0.2, 0) is 25.5 Å². The molecular weight excluding hydrogens is 398 g/mol. The summed E-state index contributed by atoms with van der Waals surface area (Å²) >= 11 is 0. The zero-order valence-electron chi connectivity index (χ0n) is 18.8. The van der Waals surface area contributed by atoms with Gasteiger partial charge >= 0.3 is 11.9 Å². The minimum Gasteiger partial charge on any atom is -0.466 e. The summed E-state index contributed by atoms with van der Waals surface area (Å²) in [6.45, 7) is 2.75. The van der Waals surface area contributed by atoms with Crippen molar-refractivity contribution in [3.63, 3.8) is 0 Å². The second kappa shape index (κ2) is 17.3. The summed E-state index contributed by atoms with van der Waals surface area (Å²) in [5.41, 5.74) is 0.729. The minimum absolute atomic E-state index is 0.00734. The summed E-state index contributed by atoms with van der Waals surface area (Å²) in [5.74, 6) is -0.854. The van der Waals surface area contributed by atoms with E-state index >= 15 is 0 Å². The molecule has 0 aliphatic carbocycles. The Morgan fingerprint density at radius 2 is 1.39 bits per heavy atom. The summed E-state index contributed by atoms with van der Waals surface area (Å²) in [7, 11) is 0. The van der Waals surface area contributed by atoms with Crippen LogP contribution in [0.25, 0.3) is 0 Å². The smallest absolute Gasteiger partial charge is 0.306 e. The first-order chi connectivity index (χ1) is 15.0. The predicted molar refractivity (Wildman–Crippen MR) is 120 cm³/mol. The molecule has 1 aromatic rings. The van der Waals surface area contributed by atoms with Crippen LogP contribution < -0.4 is 0 Å². The first kappa shape index (κ1) is 26.6. The lowest BCUT2D eigenvalue weighted by atomic mass is 10.1. The van der Waals surface area contributed by atoms with E-state index in [0.717, 1.165) is 18.4 Å². The monoisotopic (exact) mass is 435 g/mol. The summed E-state index contributed by atoms with van der Waals surface area (Å²) in [6, 6.07) is 6.21. The molecule has 0 bridgehead atoms. The van der Waals surface area contributed by atoms with Crippen LogP contribution in [0.15, 0.2) is 24.3 Å². The van der Waals surface area contributed by atoms with Gasteiger partial charge in [0, 0.05) is 18.6 Å². The van der Waals surface area contributed by atoms with E-state index in [1.807, 2.05) is 0 Å². The lowest BCUT2D eigenvalue weighted by Crippen LogP contribution is -2.12. The largest absolute Gasteiger partial charge is 0.466 e. The van der Waals surface area contributed by atoms with Crippen molar-refractivity contribution < 1.29 is 24.0 Å². The van der Waals surface area contributed by atoms with Crippen molar-refractivity contribution in [2.24, 2.45) is 0 Å². The number of nitro benzene ring substituents is 1. The molecule has 0 aliphatic rings. The molecule has 0 aliphatic heterocycles. The van der Waals surface area contributed by atoms with Gasteiger partial charge in [0.2, 0.25) is 0 Å². The van der Waals surface area contributed by atoms with Crippen LogP contribution in [0.5, 0.6) is 0 Å². The molecule has 0 aromatic heterocycles. The van der Waals surface area contributed by atoms with Crippen molar-refractivity contribution in [2.75, 3.05) is 13.2 Å². The molecule has 0 unspecified atom stereocenters. The highest BCUT2D eigenvalue weighted by Gasteiger charge is 2.10. The second-order valence-corrected chi connectivity index (χ2v) is 7.80.